The van der Waals surface area contributed by atoms with Crippen molar-refractivity contribution in [3.8, 4) is 0 Å². The molecule has 0 aromatic carbocycles. The van der Waals surface area contributed by atoms with Crippen LogP contribution in [0.4, 0.5) is 4.79 Å². The van der Waals surface area contributed by atoms with Crippen LogP contribution in [0.5, 0.6) is 0 Å². The van der Waals surface area contributed by atoms with E-state index in [-0.39, 0.29) is 24.3 Å². The van der Waals surface area contributed by atoms with Crippen molar-refractivity contribution in [2.75, 3.05) is 0 Å². The molecule has 2 amide bonds. The van der Waals surface area contributed by atoms with Crippen LogP contribution in [0, 0.1) is 0 Å². The third-order valence-electron chi connectivity index (χ3n) is 0. The van der Waals surface area contributed by atoms with E-state index in [2.05, 4.69) is 11.5 Å². The number of carbonyl (C=O) groups is 1. The Kier molecular flexibility index (Phi) is 25.0. The van der Waals surface area contributed by atoms with Crippen molar-refractivity contribution < 1.29 is 29.1 Å². The normalized spacial score (nSPS) is 4.00. The first kappa shape index (κ1) is 17.0. The predicted octanol–water partition coefficient (Wildman–Crippen LogP) is -4.15. The summed E-state index contributed by atoms with van der Waals surface area (Å²) >= 11 is 0. The fourth-order valence-electron chi connectivity index (χ4n) is 0. The molecular weight excluding hydrogens is 79.0 g/mol. The molecule has 0 aliphatic rings. The Labute approximate surface area is 47.4 Å². The number of urea groups is 1. The summed E-state index contributed by atoms with van der Waals surface area (Å²) in [5.74, 6) is 0. The summed E-state index contributed by atoms with van der Waals surface area (Å²) in [6.45, 7) is 0. The molecule has 0 atom stereocenters. The average molecular weight is 84.0 g/mol. The van der Waals surface area contributed by atoms with Gasteiger partial charge in [-0.3, -0.25) is 0 Å². The van der Waals surface area contributed by atoms with Crippen molar-refractivity contribution in [1.82, 2.24) is 0 Å². The molecule has 0 aliphatic heterocycles. The van der Waals surface area contributed by atoms with Gasteiger partial charge in [0.2, 0.25) is 0 Å². The van der Waals surface area contributed by atoms with Crippen LogP contribution in [0.1, 0.15) is 0 Å². The van der Waals surface area contributed by atoms with Gasteiger partial charge in [-0.05, 0) is 0 Å². The maximum absolute atomic E-state index is 9.00. The first-order valence-corrected chi connectivity index (χ1v) is 0.781. The maximum atomic E-state index is 9.00. The van der Waals surface area contributed by atoms with Crippen LogP contribution < -0.4 is 30.3 Å². The van der Waals surface area contributed by atoms with Gasteiger partial charge in [0, 0.05) is 0 Å². The van der Waals surface area contributed by atoms with Gasteiger partial charge in [0.25, 0.3) is 0 Å². The Bertz CT molecular complexity index is 34.5. The fraction of sp³-hybridized carbons (Fsp3) is 0. The van der Waals surface area contributed by atoms with E-state index in [1.165, 1.54) is 0 Å². The van der Waals surface area contributed by atoms with Crippen LogP contribution >= 0.6 is 0 Å². The zero-order valence-corrected chi connectivity index (χ0v) is 3.51. The summed E-state index contributed by atoms with van der Waals surface area (Å²) in [4.78, 5) is 9.00. The van der Waals surface area contributed by atoms with Gasteiger partial charge in [-0.15, -0.1) is 0 Å². The van der Waals surface area contributed by atoms with Gasteiger partial charge in [-0.1, -0.05) is 0 Å². The van der Waals surface area contributed by atoms with Gasteiger partial charge in [-0.2, -0.15) is 0 Å². The average Bonchev–Trinajstić information content (AvgIpc) is 0.811. The standard InChI is InChI=1S/CH4N2O.Li.H2O/c2-1(3)4;;/h(H4,2,3,4);;1H2/q;+1;/p-1. The summed E-state index contributed by atoms with van der Waals surface area (Å²) in [6.07, 6.45) is 0. The monoisotopic (exact) mass is 84.1 g/mol. The second-order valence-corrected chi connectivity index (χ2v) is 0.402. The third-order valence-corrected chi connectivity index (χ3v) is 0. The second-order valence-electron chi connectivity index (χ2n) is 0.402. The number of carbonyl (C=O) groups excluding carboxylic acids is 1. The molecule has 6 heavy (non-hydrogen) atoms. The predicted molar refractivity (Wildman–Crippen MR) is 15.7 cm³/mol. The fourth-order valence-corrected chi connectivity index (χ4v) is 0. The smallest absolute Gasteiger partial charge is 0.870 e. The topological polar surface area (TPSA) is 99.1 Å². The molecule has 0 saturated carbocycles. The molecule has 0 bridgehead atoms. The third kappa shape index (κ3) is 1030. The first-order chi connectivity index (χ1) is 1.73. The minimum absolute atomic E-state index is 0. The van der Waals surface area contributed by atoms with E-state index in [4.69, 9.17) is 4.79 Å². The summed E-state index contributed by atoms with van der Waals surface area (Å²) < 4.78 is 0. The summed E-state index contributed by atoms with van der Waals surface area (Å²) in [6, 6.07) is -0.833. The molecule has 0 unspecified atom stereocenters. The van der Waals surface area contributed by atoms with Crippen LogP contribution in [-0.2, 0) is 0 Å². The van der Waals surface area contributed by atoms with Crippen LogP contribution in [0.25, 0.3) is 0 Å². The minimum atomic E-state index is -0.833. The van der Waals surface area contributed by atoms with E-state index >= 15 is 0 Å². The van der Waals surface area contributed by atoms with Crippen molar-refractivity contribution in [3.05, 3.63) is 0 Å². The Morgan fingerprint density at radius 1 is 1.33 bits per heavy atom. The molecule has 0 spiro atoms. The van der Waals surface area contributed by atoms with E-state index in [0.717, 1.165) is 0 Å². The molecule has 0 heterocycles. The van der Waals surface area contributed by atoms with Gasteiger partial charge in [0.05, 0.1) is 0 Å². The molecule has 4 nitrogen and oxygen atoms in total. The van der Waals surface area contributed by atoms with Gasteiger partial charge in [0.1, 0.15) is 0 Å². The summed E-state index contributed by atoms with van der Waals surface area (Å²) in [7, 11) is 0. The molecule has 0 saturated heterocycles. The van der Waals surface area contributed by atoms with Crippen LogP contribution in [0.15, 0.2) is 0 Å². The molecule has 0 aromatic rings. The molecule has 0 rings (SSSR count). The number of rotatable bonds is 0. The number of nitrogens with two attached hydrogens (primary N) is 2. The number of hydrogen-bond donors (Lipinski definition) is 2. The Morgan fingerprint density at radius 3 is 1.33 bits per heavy atom. The molecule has 5 N–H and O–H groups in total. The zero-order valence-electron chi connectivity index (χ0n) is 3.51. The van der Waals surface area contributed by atoms with E-state index in [0.29, 0.717) is 0 Å². The van der Waals surface area contributed by atoms with E-state index in [1.807, 2.05) is 0 Å². The quantitative estimate of drug-likeness (QED) is 0.291. The molecule has 32 valence electrons. The summed E-state index contributed by atoms with van der Waals surface area (Å²) in [5.41, 5.74) is 8.50. The van der Waals surface area contributed by atoms with Crippen molar-refractivity contribution in [2.24, 2.45) is 11.5 Å². The van der Waals surface area contributed by atoms with E-state index in [9.17, 15) is 0 Å². The first-order valence-electron chi connectivity index (χ1n) is 0.781. The Balaban J connectivity index is -0.0000000450. The van der Waals surface area contributed by atoms with E-state index < -0.39 is 6.03 Å². The number of primary amides is 2. The molecule has 0 radical (unpaired) electrons. The van der Waals surface area contributed by atoms with Crippen molar-refractivity contribution >= 4 is 6.03 Å². The summed E-state index contributed by atoms with van der Waals surface area (Å²) in [5, 5.41) is 0. The maximum Gasteiger partial charge on any atom is 1.00 e. The molecule has 0 fully saturated rings. The SMILES string of the molecule is NC(N)=O.[Li+].[OH-]. The Morgan fingerprint density at radius 2 is 1.33 bits per heavy atom. The number of hydrogen-bond acceptors (Lipinski definition) is 2. The molecule has 0 aromatic heterocycles. The van der Waals surface area contributed by atoms with Crippen LogP contribution in [-0.4, -0.2) is 11.5 Å². The van der Waals surface area contributed by atoms with Crippen molar-refractivity contribution in [1.29, 1.82) is 0 Å². The molecule has 0 aliphatic carbocycles. The van der Waals surface area contributed by atoms with Crippen LogP contribution in [0.3, 0.4) is 0 Å². The van der Waals surface area contributed by atoms with Gasteiger partial charge in [-0.25, -0.2) is 4.79 Å². The van der Waals surface area contributed by atoms with Crippen LogP contribution in [0.2, 0.25) is 0 Å². The number of amides is 2. The van der Waals surface area contributed by atoms with Gasteiger partial charge < -0.3 is 16.9 Å². The second kappa shape index (κ2) is 8.85. The van der Waals surface area contributed by atoms with Crippen molar-refractivity contribution in [2.45, 2.75) is 0 Å². The molecule has 5 heteroatoms. The van der Waals surface area contributed by atoms with Crippen molar-refractivity contribution in [3.63, 3.8) is 0 Å². The van der Waals surface area contributed by atoms with E-state index in [1.54, 1.807) is 0 Å². The Hall–Kier alpha value is -0.173. The largest absolute Gasteiger partial charge is 1.00 e. The minimum Gasteiger partial charge on any atom is -0.870 e. The van der Waals surface area contributed by atoms with Gasteiger partial charge in [0.15, 0.2) is 0 Å². The molecular formula is CH5LiN2O2. The zero-order chi connectivity index (χ0) is 3.58. The van der Waals surface area contributed by atoms with Gasteiger partial charge >= 0.3 is 24.9 Å².